The average Bonchev–Trinajstić information content (AvgIpc) is 2.45. The Bertz CT molecular complexity index is 486. The molecule has 0 spiro atoms. The third-order valence-corrected chi connectivity index (χ3v) is 3.18. The van der Waals surface area contributed by atoms with Crippen molar-refractivity contribution in [3.63, 3.8) is 0 Å². The first-order chi connectivity index (χ1) is 9.92. The van der Waals surface area contributed by atoms with Crippen molar-refractivity contribution in [2.45, 2.75) is 46.2 Å². The Kier molecular flexibility index (Phi) is 6.88. The van der Waals surface area contributed by atoms with Gasteiger partial charge in [0, 0.05) is 30.6 Å². The summed E-state index contributed by atoms with van der Waals surface area (Å²) >= 11 is 0. The molecule has 116 valence electrons. The van der Waals surface area contributed by atoms with Crippen molar-refractivity contribution in [1.29, 1.82) is 0 Å². The van der Waals surface area contributed by atoms with Crippen LogP contribution in [0.3, 0.4) is 0 Å². The van der Waals surface area contributed by atoms with Gasteiger partial charge in [0.15, 0.2) is 0 Å². The molecule has 5 heteroatoms. The zero-order valence-electron chi connectivity index (χ0n) is 13.0. The van der Waals surface area contributed by atoms with E-state index >= 15 is 0 Å². The van der Waals surface area contributed by atoms with Gasteiger partial charge in [-0.05, 0) is 24.1 Å². The summed E-state index contributed by atoms with van der Waals surface area (Å²) in [6.45, 7) is 6.08. The Hall–Kier alpha value is -1.88. The number of carbonyl (C=O) groups excluding carboxylic acids is 2. The Morgan fingerprint density at radius 3 is 2.62 bits per heavy atom. The van der Waals surface area contributed by atoms with Crippen LogP contribution in [0.25, 0.3) is 0 Å². The lowest BCUT2D eigenvalue weighted by Crippen LogP contribution is -2.30. The fraction of sp³-hybridized carbons (Fsp3) is 0.500. The second-order valence-corrected chi connectivity index (χ2v) is 5.49. The molecule has 1 rings (SSSR count). The highest BCUT2D eigenvalue weighted by Crippen LogP contribution is 2.12. The minimum Gasteiger partial charge on any atom is -0.352 e. The summed E-state index contributed by atoms with van der Waals surface area (Å²) in [5.41, 5.74) is 7.42. The quantitative estimate of drug-likeness (QED) is 0.718. The monoisotopic (exact) mass is 291 g/mol. The number of rotatable bonds is 7. The second kappa shape index (κ2) is 8.42. The van der Waals surface area contributed by atoms with Gasteiger partial charge in [-0.25, -0.2) is 0 Å². The molecule has 21 heavy (non-hydrogen) atoms. The molecule has 0 radical (unpaired) electrons. The van der Waals surface area contributed by atoms with Gasteiger partial charge in [-0.2, -0.15) is 0 Å². The maximum Gasteiger partial charge on any atom is 0.226 e. The highest BCUT2D eigenvalue weighted by molar-refractivity contribution is 5.92. The standard InChI is InChI=1S/C16H25N3O2/c1-4-13(17)9-15(20)18-10-12-6-5-7-14(8-12)19-16(21)11(2)3/h5-8,11,13H,4,9-10,17H2,1-3H3,(H,18,20)(H,19,21). The summed E-state index contributed by atoms with van der Waals surface area (Å²) < 4.78 is 0. The second-order valence-electron chi connectivity index (χ2n) is 5.49. The Labute approximate surface area is 126 Å². The smallest absolute Gasteiger partial charge is 0.226 e. The molecule has 0 saturated heterocycles. The number of amides is 2. The molecule has 1 atom stereocenters. The molecule has 0 aliphatic rings. The Balaban J connectivity index is 2.53. The zero-order chi connectivity index (χ0) is 15.8. The highest BCUT2D eigenvalue weighted by Gasteiger charge is 2.09. The van der Waals surface area contributed by atoms with E-state index in [9.17, 15) is 9.59 Å². The van der Waals surface area contributed by atoms with E-state index in [1.54, 1.807) is 0 Å². The first kappa shape index (κ1) is 17.2. The first-order valence-electron chi connectivity index (χ1n) is 7.34. The minimum absolute atomic E-state index is 0.0231. The van der Waals surface area contributed by atoms with E-state index in [1.807, 2.05) is 45.0 Å². The van der Waals surface area contributed by atoms with E-state index in [1.165, 1.54) is 0 Å². The fourth-order valence-corrected chi connectivity index (χ4v) is 1.70. The van der Waals surface area contributed by atoms with Crippen molar-refractivity contribution in [3.05, 3.63) is 29.8 Å². The normalized spacial score (nSPS) is 12.0. The molecule has 1 unspecified atom stereocenters. The van der Waals surface area contributed by atoms with Crippen LogP contribution in [0.5, 0.6) is 0 Å². The van der Waals surface area contributed by atoms with E-state index in [0.717, 1.165) is 17.7 Å². The van der Waals surface area contributed by atoms with E-state index in [0.29, 0.717) is 13.0 Å². The molecule has 5 nitrogen and oxygen atoms in total. The van der Waals surface area contributed by atoms with E-state index < -0.39 is 0 Å². The zero-order valence-corrected chi connectivity index (χ0v) is 13.0. The Morgan fingerprint density at radius 1 is 1.29 bits per heavy atom. The molecule has 0 bridgehead atoms. The van der Waals surface area contributed by atoms with Gasteiger partial charge in [0.1, 0.15) is 0 Å². The number of hydrogen-bond acceptors (Lipinski definition) is 3. The summed E-state index contributed by atoms with van der Waals surface area (Å²) in [5, 5.41) is 5.67. The molecule has 0 aromatic heterocycles. The number of nitrogens with two attached hydrogens (primary N) is 1. The average molecular weight is 291 g/mol. The summed E-state index contributed by atoms with van der Waals surface area (Å²) in [6, 6.07) is 7.36. The summed E-state index contributed by atoms with van der Waals surface area (Å²) in [4.78, 5) is 23.3. The first-order valence-corrected chi connectivity index (χ1v) is 7.34. The van der Waals surface area contributed by atoms with E-state index in [-0.39, 0.29) is 23.8 Å². The maximum atomic E-state index is 11.7. The van der Waals surface area contributed by atoms with Gasteiger partial charge in [-0.1, -0.05) is 32.9 Å². The molecule has 0 heterocycles. The van der Waals surface area contributed by atoms with Crippen molar-refractivity contribution >= 4 is 17.5 Å². The largest absolute Gasteiger partial charge is 0.352 e. The predicted octanol–water partition coefficient (Wildman–Crippen LogP) is 2.02. The number of nitrogens with one attached hydrogen (secondary N) is 2. The molecular weight excluding hydrogens is 266 g/mol. The summed E-state index contributed by atoms with van der Waals surface area (Å²) in [6.07, 6.45) is 1.12. The molecule has 0 saturated carbocycles. The maximum absolute atomic E-state index is 11.7. The van der Waals surface area contributed by atoms with Gasteiger partial charge in [0.05, 0.1) is 0 Å². The summed E-state index contributed by atoms with van der Waals surface area (Å²) in [5.74, 6) is -0.144. The predicted molar refractivity (Wildman–Crippen MR) is 84.6 cm³/mol. The van der Waals surface area contributed by atoms with Crippen LogP contribution in [0.1, 0.15) is 39.2 Å². The van der Waals surface area contributed by atoms with Crippen LogP contribution in [0.2, 0.25) is 0 Å². The summed E-state index contributed by atoms with van der Waals surface area (Å²) in [7, 11) is 0. The molecule has 1 aromatic rings. The van der Waals surface area contributed by atoms with Crippen LogP contribution in [0.4, 0.5) is 5.69 Å². The van der Waals surface area contributed by atoms with Gasteiger partial charge in [0.2, 0.25) is 11.8 Å². The topological polar surface area (TPSA) is 84.2 Å². The van der Waals surface area contributed by atoms with Gasteiger partial charge < -0.3 is 16.4 Å². The lowest BCUT2D eigenvalue weighted by Gasteiger charge is -2.11. The van der Waals surface area contributed by atoms with Gasteiger partial charge >= 0.3 is 0 Å². The fourth-order valence-electron chi connectivity index (χ4n) is 1.70. The molecular formula is C16H25N3O2. The van der Waals surface area contributed by atoms with Crippen molar-refractivity contribution in [1.82, 2.24) is 5.32 Å². The van der Waals surface area contributed by atoms with Gasteiger partial charge in [-0.3, -0.25) is 9.59 Å². The third kappa shape index (κ3) is 6.40. The van der Waals surface area contributed by atoms with Crippen LogP contribution in [-0.4, -0.2) is 17.9 Å². The molecule has 0 aliphatic heterocycles. The van der Waals surface area contributed by atoms with Gasteiger partial charge in [-0.15, -0.1) is 0 Å². The van der Waals surface area contributed by atoms with Crippen molar-refractivity contribution < 1.29 is 9.59 Å². The van der Waals surface area contributed by atoms with E-state index in [2.05, 4.69) is 10.6 Å². The van der Waals surface area contributed by atoms with Crippen LogP contribution >= 0.6 is 0 Å². The number of benzene rings is 1. The van der Waals surface area contributed by atoms with Crippen molar-refractivity contribution in [3.8, 4) is 0 Å². The van der Waals surface area contributed by atoms with E-state index in [4.69, 9.17) is 5.73 Å². The molecule has 2 amide bonds. The number of hydrogen-bond donors (Lipinski definition) is 3. The molecule has 0 aliphatic carbocycles. The van der Waals surface area contributed by atoms with Crippen LogP contribution in [-0.2, 0) is 16.1 Å². The lowest BCUT2D eigenvalue weighted by atomic mass is 10.1. The van der Waals surface area contributed by atoms with Crippen LogP contribution < -0.4 is 16.4 Å². The molecule has 1 aromatic carbocycles. The van der Waals surface area contributed by atoms with Crippen LogP contribution in [0, 0.1) is 5.92 Å². The van der Waals surface area contributed by atoms with Crippen molar-refractivity contribution in [2.24, 2.45) is 11.7 Å². The number of anilines is 1. The molecule has 0 fully saturated rings. The van der Waals surface area contributed by atoms with Crippen LogP contribution in [0.15, 0.2) is 24.3 Å². The lowest BCUT2D eigenvalue weighted by molar-refractivity contribution is -0.121. The highest BCUT2D eigenvalue weighted by atomic mass is 16.2. The minimum atomic E-state index is -0.0957. The van der Waals surface area contributed by atoms with Gasteiger partial charge in [0.25, 0.3) is 0 Å². The van der Waals surface area contributed by atoms with Crippen molar-refractivity contribution in [2.75, 3.05) is 5.32 Å². The Morgan fingerprint density at radius 2 is 2.00 bits per heavy atom. The third-order valence-electron chi connectivity index (χ3n) is 3.18. The SMILES string of the molecule is CCC(N)CC(=O)NCc1cccc(NC(=O)C(C)C)c1. The molecule has 4 N–H and O–H groups in total. The number of carbonyl (C=O) groups is 2.